The minimum Gasteiger partial charge on any atom is -0.311 e. The van der Waals surface area contributed by atoms with E-state index in [0.29, 0.717) is 6.04 Å². The summed E-state index contributed by atoms with van der Waals surface area (Å²) in [5.74, 6) is 0. The monoisotopic (exact) mass is 283 g/mol. The second kappa shape index (κ2) is 5.74. The van der Waals surface area contributed by atoms with E-state index < -0.39 is 0 Å². The zero-order valence-electron chi connectivity index (χ0n) is 13.3. The first kappa shape index (κ1) is 14.5. The summed E-state index contributed by atoms with van der Waals surface area (Å²) < 4.78 is 0. The predicted octanol–water partition coefficient (Wildman–Crippen LogP) is 3.37. The molecule has 21 heavy (non-hydrogen) atoms. The van der Waals surface area contributed by atoms with Crippen LogP contribution < -0.4 is 5.32 Å². The molecule has 3 heteroatoms. The lowest BCUT2D eigenvalue weighted by molar-refractivity contribution is 0.108. The van der Waals surface area contributed by atoms with E-state index in [-0.39, 0.29) is 5.54 Å². The van der Waals surface area contributed by atoms with Crippen molar-refractivity contribution in [3.63, 3.8) is 0 Å². The van der Waals surface area contributed by atoms with E-state index in [1.807, 2.05) is 12.3 Å². The van der Waals surface area contributed by atoms with E-state index in [2.05, 4.69) is 60.6 Å². The summed E-state index contributed by atoms with van der Waals surface area (Å²) >= 11 is 0. The number of fused-ring (bicyclic) bond motifs is 1. The van der Waals surface area contributed by atoms with E-state index in [1.54, 1.807) is 0 Å². The first-order chi connectivity index (χ1) is 10.2. The molecule has 0 amide bonds. The second-order valence-corrected chi connectivity index (χ2v) is 6.38. The summed E-state index contributed by atoms with van der Waals surface area (Å²) in [6, 6.07) is 11.2. The minimum absolute atomic E-state index is 0.219. The van der Waals surface area contributed by atoms with Crippen LogP contribution in [0, 0.1) is 0 Å². The number of nitrogens with one attached hydrogen (secondary N) is 1. The summed E-state index contributed by atoms with van der Waals surface area (Å²) in [6.07, 6.45) is 7.03. The molecule has 3 nitrogen and oxygen atoms in total. The summed E-state index contributed by atoms with van der Waals surface area (Å²) in [5, 5.41) is 4.79. The maximum absolute atomic E-state index is 4.51. The third-order valence-corrected chi connectivity index (χ3v) is 5.15. The zero-order valence-corrected chi connectivity index (χ0v) is 13.3. The third-order valence-electron chi connectivity index (χ3n) is 5.15. The Kier molecular flexibility index (Phi) is 3.96. The molecule has 2 aromatic rings. The maximum Gasteiger partial charge on any atom is 0.0705 e. The van der Waals surface area contributed by atoms with Gasteiger partial charge in [0.1, 0.15) is 0 Å². The van der Waals surface area contributed by atoms with Gasteiger partial charge in [0.25, 0.3) is 0 Å². The van der Waals surface area contributed by atoms with E-state index in [0.717, 1.165) is 5.52 Å². The van der Waals surface area contributed by atoms with Crippen molar-refractivity contribution in [2.45, 2.75) is 37.3 Å². The van der Waals surface area contributed by atoms with Crippen molar-refractivity contribution in [3.05, 3.63) is 42.1 Å². The smallest absolute Gasteiger partial charge is 0.0705 e. The van der Waals surface area contributed by atoms with Crippen molar-refractivity contribution in [1.29, 1.82) is 0 Å². The summed E-state index contributed by atoms with van der Waals surface area (Å²) in [5.41, 5.74) is 2.65. The lowest BCUT2D eigenvalue weighted by Crippen LogP contribution is -2.51. The first-order valence-corrected chi connectivity index (χ1v) is 7.87. The predicted molar refractivity (Wildman–Crippen MR) is 88.4 cm³/mol. The van der Waals surface area contributed by atoms with Gasteiger partial charge in [-0.2, -0.15) is 0 Å². The fourth-order valence-corrected chi connectivity index (χ4v) is 3.99. The number of pyridine rings is 1. The Labute approximate surface area is 127 Å². The number of nitrogens with zero attached hydrogens (tertiary/aromatic N) is 2. The van der Waals surface area contributed by atoms with Crippen LogP contribution in [0.25, 0.3) is 10.9 Å². The van der Waals surface area contributed by atoms with Gasteiger partial charge in [-0.15, -0.1) is 0 Å². The van der Waals surface area contributed by atoms with Crippen LogP contribution in [0.5, 0.6) is 0 Å². The van der Waals surface area contributed by atoms with Gasteiger partial charge in [0.15, 0.2) is 0 Å². The number of hydrogen-bond acceptors (Lipinski definition) is 3. The second-order valence-electron chi connectivity index (χ2n) is 6.38. The van der Waals surface area contributed by atoms with E-state index in [1.165, 1.54) is 36.6 Å². The molecule has 0 spiro atoms. The van der Waals surface area contributed by atoms with Crippen LogP contribution in [0.15, 0.2) is 36.5 Å². The van der Waals surface area contributed by atoms with Gasteiger partial charge in [-0.1, -0.05) is 31.0 Å². The molecular weight excluding hydrogens is 258 g/mol. The maximum atomic E-state index is 4.51. The Morgan fingerprint density at radius 3 is 2.62 bits per heavy atom. The van der Waals surface area contributed by atoms with Gasteiger partial charge in [0.2, 0.25) is 0 Å². The van der Waals surface area contributed by atoms with Crippen LogP contribution in [0.4, 0.5) is 0 Å². The molecule has 1 heterocycles. The van der Waals surface area contributed by atoms with Gasteiger partial charge in [-0.3, -0.25) is 4.98 Å². The van der Waals surface area contributed by atoms with E-state index >= 15 is 0 Å². The van der Waals surface area contributed by atoms with Gasteiger partial charge in [-0.05, 0) is 51.7 Å². The SMILES string of the molecule is CNC(c1ccc2cccnc2c1)C1(N(C)C)CCCC1. The Balaban J connectivity index is 2.04. The van der Waals surface area contributed by atoms with Gasteiger partial charge < -0.3 is 10.2 Å². The molecule has 1 aromatic carbocycles. The lowest BCUT2D eigenvalue weighted by Gasteiger charge is -2.43. The molecule has 0 saturated heterocycles. The Hall–Kier alpha value is -1.45. The van der Waals surface area contributed by atoms with Crippen LogP contribution in [0.3, 0.4) is 0 Å². The molecule has 1 atom stereocenters. The van der Waals surface area contributed by atoms with Gasteiger partial charge in [0.05, 0.1) is 11.6 Å². The van der Waals surface area contributed by atoms with Crippen molar-refractivity contribution in [2.75, 3.05) is 21.1 Å². The van der Waals surface area contributed by atoms with Crippen molar-refractivity contribution in [1.82, 2.24) is 15.2 Å². The first-order valence-electron chi connectivity index (χ1n) is 7.87. The molecule has 3 rings (SSSR count). The largest absolute Gasteiger partial charge is 0.311 e. The quantitative estimate of drug-likeness (QED) is 0.932. The molecule has 1 aromatic heterocycles. The molecular formula is C18H25N3. The van der Waals surface area contributed by atoms with Crippen LogP contribution in [0.2, 0.25) is 0 Å². The minimum atomic E-state index is 0.219. The third kappa shape index (κ3) is 2.45. The topological polar surface area (TPSA) is 28.2 Å². The number of rotatable bonds is 4. The van der Waals surface area contributed by atoms with Crippen LogP contribution in [0.1, 0.15) is 37.3 Å². The van der Waals surface area contributed by atoms with Gasteiger partial charge in [-0.25, -0.2) is 0 Å². The van der Waals surface area contributed by atoms with Crippen LogP contribution in [-0.2, 0) is 0 Å². The average molecular weight is 283 g/mol. The summed E-state index contributed by atoms with van der Waals surface area (Å²) in [4.78, 5) is 6.93. The van der Waals surface area contributed by atoms with Crippen molar-refractivity contribution in [2.24, 2.45) is 0 Å². The number of aromatic nitrogens is 1. The molecule has 1 unspecified atom stereocenters. The molecule has 1 N–H and O–H groups in total. The average Bonchev–Trinajstić information content (AvgIpc) is 2.99. The molecule has 1 saturated carbocycles. The fraction of sp³-hybridized carbons (Fsp3) is 0.500. The lowest BCUT2D eigenvalue weighted by atomic mass is 9.82. The van der Waals surface area contributed by atoms with Gasteiger partial charge >= 0.3 is 0 Å². The highest BCUT2D eigenvalue weighted by Crippen LogP contribution is 2.43. The highest BCUT2D eigenvalue weighted by Gasteiger charge is 2.43. The zero-order chi connectivity index (χ0) is 14.9. The molecule has 0 radical (unpaired) electrons. The van der Waals surface area contributed by atoms with Crippen LogP contribution >= 0.6 is 0 Å². The number of benzene rings is 1. The van der Waals surface area contributed by atoms with E-state index in [9.17, 15) is 0 Å². The standard InChI is InChI=1S/C18H25N3/c1-19-17(18(21(2)3)10-4-5-11-18)15-9-8-14-7-6-12-20-16(14)13-15/h6-9,12-13,17,19H,4-5,10-11H2,1-3H3. The van der Waals surface area contributed by atoms with Crippen molar-refractivity contribution < 1.29 is 0 Å². The Bertz CT molecular complexity index is 615. The normalized spacial score (nSPS) is 19.2. The molecule has 0 bridgehead atoms. The molecule has 1 fully saturated rings. The highest BCUT2D eigenvalue weighted by molar-refractivity contribution is 5.79. The van der Waals surface area contributed by atoms with Crippen molar-refractivity contribution >= 4 is 10.9 Å². The van der Waals surface area contributed by atoms with E-state index in [4.69, 9.17) is 0 Å². The summed E-state index contributed by atoms with van der Waals surface area (Å²) in [7, 11) is 6.51. The Morgan fingerprint density at radius 2 is 1.95 bits per heavy atom. The molecule has 112 valence electrons. The Morgan fingerprint density at radius 1 is 1.19 bits per heavy atom. The van der Waals surface area contributed by atoms with Crippen LogP contribution in [-0.4, -0.2) is 36.6 Å². The summed E-state index contributed by atoms with van der Waals surface area (Å²) in [6.45, 7) is 0. The highest BCUT2D eigenvalue weighted by atomic mass is 15.2. The van der Waals surface area contributed by atoms with Crippen molar-refractivity contribution in [3.8, 4) is 0 Å². The number of hydrogen-bond donors (Lipinski definition) is 1. The molecule has 1 aliphatic rings. The number of likely N-dealkylation sites (N-methyl/N-ethyl adjacent to an activating group) is 2. The van der Waals surface area contributed by atoms with Gasteiger partial charge in [0, 0.05) is 17.1 Å². The fourth-order valence-electron chi connectivity index (χ4n) is 3.99. The molecule has 1 aliphatic carbocycles. The molecule has 0 aliphatic heterocycles.